The first-order chi connectivity index (χ1) is 12.4. The summed E-state index contributed by atoms with van der Waals surface area (Å²) in [5.74, 6) is 0.351. The highest BCUT2D eigenvalue weighted by molar-refractivity contribution is 7.21. The molecular formula is C17H24N6O2S. The number of amides is 3. The lowest BCUT2D eigenvalue weighted by Gasteiger charge is -2.33. The molecule has 9 heteroatoms. The third-order valence-electron chi connectivity index (χ3n) is 4.68. The monoisotopic (exact) mass is 376 g/mol. The summed E-state index contributed by atoms with van der Waals surface area (Å²) in [6.45, 7) is 3.65. The number of nitrogens with zero attached hydrogens (tertiary/aromatic N) is 2. The van der Waals surface area contributed by atoms with Crippen molar-refractivity contribution in [1.29, 1.82) is 0 Å². The number of nitrogens with two attached hydrogens (primary N) is 3. The zero-order chi connectivity index (χ0) is 18.8. The van der Waals surface area contributed by atoms with Crippen LogP contribution in [0.3, 0.4) is 0 Å². The Morgan fingerprint density at radius 3 is 2.62 bits per heavy atom. The molecule has 0 radical (unpaired) electrons. The number of aryl methyl sites for hydroxylation is 1. The van der Waals surface area contributed by atoms with Crippen LogP contribution in [-0.2, 0) is 6.42 Å². The summed E-state index contributed by atoms with van der Waals surface area (Å²) in [6, 6.07) is 1.67. The number of anilines is 2. The minimum absolute atomic E-state index is 0.0986. The molecule has 0 spiro atoms. The highest BCUT2D eigenvalue weighted by Crippen LogP contribution is 2.37. The van der Waals surface area contributed by atoms with E-state index in [9.17, 15) is 9.59 Å². The molecule has 0 unspecified atom stereocenters. The Morgan fingerprint density at radius 1 is 1.35 bits per heavy atom. The summed E-state index contributed by atoms with van der Waals surface area (Å²) in [4.78, 5) is 30.7. The van der Waals surface area contributed by atoms with Crippen molar-refractivity contribution in [3.05, 3.63) is 16.5 Å². The average molecular weight is 376 g/mol. The van der Waals surface area contributed by atoms with E-state index in [2.05, 4.69) is 23.2 Å². The van der Waals surface area contributed by atoms with Crippen molar-refractivity contribution in [1.82, 2.24) is 10.3 Å². The minimum atomic E-state index is -0.521. The van der Waals surface area contributed by atoms with E-state index in [0.717, 1.165) is 60.4 Å². The van der Waals surface area contributed by atoms with Crippen molar-refractivity contribution in [3.8, 4) is 0 Å². The Bertz CT molecular complexity index is 841. The Balaban J connectivity index is 1.92. The van der Waals surface area contributed by atoms with E-state index in [4.69, 9.17) is 22.2 Å². The Morgan fingerprint density at radius 2 is 2.04 bits per heavy atom. The maximum absolute atomic E-state index is 11.6. The quantitative estimate of drug-likeness (QED) is 0.627. The van der Waals surface area contributed by atoms with E-state index in [1.54, 1.807) is 0 Å². The maximum atomic E-state index is 11.6. The SMILES string of the molecule is CCCc1cc(N2CCC(NC(N)=O)CC2)nc2sc(C(N)=O)c(N)c12. The van der Waals surface area contributed by atoms with Crippen LogP contribution in [0.4, 0.5) is 16.3 Å². The lowest BCUT2D eigenvalue weighted by Crippen LogP contribution is -2.46. The van der Waals surface area contributed by atoms with Gasteiger partial charge in [0.05, 0.1) is 5.69 Å². The molecule has 0 bridgehead atoms. The first kappa shape index (κ1) is 18.2. The molecule has 2 aromatic heterocycles. The van der Waals surface area contributed by atoms with Crippen LogP contribution >= 0.6 is 11.3 Å². The van der Waals surface area contributed by atoms with E-state index < -0.39 is 11.9 Å². The fraction of sp³-hybridized carbons (Fsp3) is 0.471. The number of thiophene rings is 1. The van der Waals surface area contributed by atoms with E-state index >= 15 is 0 Å². The van der Waals surface area contributed by atoms with Crippen LogP contribution in [0.25, 0.3) is 10.2 Å². The molecule has 1 aliphatic heterocycles. The van der Waals surface area contributed by atoms with Gasteiger partial charge in [-0.25, -0.2) is 9.78 Å². The van der Waals surface area contributed by atoms with E-state index in [-0.39, 0.29) is 6.04 Å². The van der Waals surface area contributed by atoms with Crippen molar-refractivity contribution >= 4 is 45.0 Å². The molecule has 1 saturated heterocycles. The third kappa shape index (κ3) is 3.52. The van der Waals surface area contributed by atoms with Gasteiger partial charge >= 0.3 is 6.03 Å². The number of nitrogen functional groups attached to an aromatic ring is 1. The molecule has 8 nitrogen and oxygen atoms in total. The van der Waals surface area contributed by atoms with Gasteiger partial charge < -0.3 is 27.4 Å². The number of primary amides is 2. The lowest BCUT2D eigenvalue weighted by atomic mass is 10.0. The van der Waals surface area contributed by atoms with E-state index in [1.807, 2.05) is 0 Å². The van der Waals surface area contributed by atoms with Crippen molar-refractivity contribution in [2.24, 2.45) is 11.5 Å². The van der Waals surface area contributed by atoms with Crippen LogP contribution in [0.1, 0.15) is 41.4 Å². The van der Waals surface area contributed by atoms with Crippen LogP contribution in [0.15, 0.2) is 6.07 Å². The Hall–Kier alpha value is -2.55. The molecular weight excluding hydrogens is 352 g/mol. The largest absolute Gasteiger partial charge is 0.397 e. The maximum Gasteiger partial charge on any atom is 0.312 e. The van der Waals surface area contributed by atoms with Crippen LogP contribution in [0, 0.1) is 0 Å². The highest BCUT2D eigenvalue weighted by Gasteiger charge is 2.24. The van der Waals surface area contributed by atoms with E-state index in [1.165, 1.54) is 11.3 Å². The number of urea groups is 1. The molecule has 26 heavy (non-hydrogen) atoms. The van der Waals surface area contributed by atoms with Crippen molar-refractivity contribution < 1.29 is 9.59 Å². The Labute approximate surface area is 155 Å². The molecule has 1 aliphatic rings. The summed E-state index contributed by atoms with van der Waals surface area (Å²) < 4.78 is 0. The molecule has 0 aromatic carbocycles. The number of fused-ring (bicyclic) bond motifs is 1. The second kappa shape index (κ2) is 7.36. The van der Waals surface area contributed by atoms with Crippen molar-refractivity contribution in [2.45, 2.75) is 38.6 Å². The van der Waals surface area contributed by atoms with Crippen LogP contribution in [-0.4, -0.2) is 36.1 Å². The van der Waals surface area contributed by atoms with Crippen LogP contribution < -0.4 is 27.4 Å². The third-order valence-corrected chi connectivity index (χ3v) is 5.79. The zero-order valence-corrected chi connectivity index (χ0v) is 15.6. The number of carbonyl (C=O) groups excluding carboxylic acids is 2. The number of aromatic nitrogens is 1. The number of rotatable bonds is 5. The van der Waals surface area contributed by atoms with Gasteiger partial charge in [-0.2, -0.15) is 0 Å². The molecule has 140 valence electrons. The summed E-state index contributed by atoms with van der Waals surface area (Å²) in [6.07, 6.45) is 3.44. The molecule has 3 heterocycles. The summed E-state index contributed by atoms with van der Waals surface area (Å²) in [5, 5.41) is 3.61. The van der Waals surface area contributed by atoms with Crippen molar-refractivity contribution in [2.75, 3.05) is 23.7 Å². The summed E-state index contributed by atoms with van der Waals surface area (Å²) >= 11 is 1.25. The first-order valence-corrected chi connectivity index (χ1v) is 9.55. The van der Waals surface area contributed by atoms with Gasteiger partial charge in [-0.05, 0) is 30.9 Å². The van der Waals surface area contributed by atoms with Crippen LogP contribution in [0.5, 0.6) is 0 Å². The second-order valence-corrected chi connectivity index (χ2v) is 7.55. The number of carbonyl (C=O) groups is 2. The standard InChI is InChI=1S/C17H24N6O2S/c1-2-3-9-8-11(23-6-4-10(5-7-23)21-17(20)25)22-16-12(9)13(18)14(26-16)15(19)24/h8,10H,2-7,18H2,1H3,(H2,19,24)(H3,20,21,25). The van der Waals surface area contributed by atoms with Crippen molar-refractivity contribution in [3.63, 3.8) is 0 Å². The van der Waals surface area contributed by atoms with Gasteiger partial charge in [-0.3, -0.25) is 4.79 Å². The first-order valence-electron chi connectivity index (χ1n) is 8.73. The predicted octanol–water partition coefficient (Wildman–Crippen LogP) is 1.57. The number of hydrogen-bond acceptors (Lipinski definition) is 6. The molecule has 0 atom stereocenters. The van der Waals surface area contributed by atoms with Gasteiger partial charge in [0, 0.05) is 24.5 Å². The zero-order valence-electron chi connectivity index (χ0n) is 14.7. The lowest BCUT2D eigenvalue weighted by molar-refractivity contribution is 0.100. The number of nitrogens with one attached hydrogen (secondary N) is 1. The molecule has 0 saturated carbocycles. The van der Waals surface area contributed by atoms with Gasteiger partial charge in [0.1, 0.15) is 15.5 Å². The summed E-state index contributed by atoms with van der Waals surface area (Å²) in [7, 11) is 0. The molecule has 2 aromatic rings. The fourth-order valence-corrected chi connectivity index (χ4v) is 4.44. The number of piperidine rings is 1. The fourth-order valence-electron chi connectivity index (χ4n) is 3.45. The molecule has 7 N–H and O–H groups in total. The highest BCUT2D eigenvalue weighted by atomic mass is 32.1. The van der Waals surface area contributed by atoms with E-state index in [0.29, 0.717) is 10.6 Å². The van der Waals surface area contributed by atoms with Gasteiger partial charge in [-0.1, -0.05) is 13.3 Å². The molecule has 1 fully saturated rings. The van der Waals surface area contributed by atoms with Gasteiger partial charge in [0.15, 0.2) is 0 Å². The van der Waals surface area contributed by atoms with Crippen LogP contribution in [0.2, 0.25) is 0 Å². The van der Waals surface area contributed by atoms with Gasteiger partial charge in [0.2, 0.25) is 0 Å². The molecule has 0 aliphatic carbocycles. The number of hydrogen-bond donors (Lipinski definition) is 4. The average Bonchev–Trinajstić information content (AvgIpc) is 2.92. The Kier molecular flexibility index (Phi) is 5.17. The number of pyridine rings is 1. The smallest absolute Gasteiger partial charge is 0.312 e. The molecule has 3 amide bonds. The second-order valence-electron chi connectivity index (χ2n) is 6.55. The summed E-state index contributed by atoms with van der Waals surface area (Å²) in [5.41, 5.74) is 18.3. The topological polar surface area (TPSA) is 140 Å². The van der Waals surface area contributed by atoms with Gasteiger partial charge in [0.25, 0.3) is 5.91 Å². The molecule has 3 rings (SSSR count). The normalized spacial score (nSPS) is 15.3. The van der Waals surface area contributed by atoms with Gasteiger partial charge in [-0.15, -0.1) is 11.3 Å². The predicted molar refractivity (Wildman–Crippen MR) is 104 cm³/mol. The minimum Gasteiger partial charge on any atom is -0.397 e.